The highest BCUT2D eigenvalue weighted by atomic mass is 127. The fourth-order valence-corrected chi connectivity index (χ4v) is 2.48. The van der Waals surface area contributed by atoms with Crippen molar-refractivity contribution >= 4 is 29.9 Å². The molecule has 27 heavy (non-hydrogen) atoms. The van der Waals surface area contributed by atoms with Crippen LogP contribution in [-0.4, -0.2) is 29.9 Å². The zero-order valence-corrected chi connectivity index (χ0v) is 17.8. The van der Waals surface area contributed by atoms with E-state index in [2.05, 4.69) is 20.7 Å². The number of nitrogens with one attached hydrogen (secondary N) is 2. The van der Waals surface area contributed by atoms with Crippen LogP contribution in [0.3, 0.4) is 0 Å². The van der Waals surface area contributed by atoms with E-state index < -0.39 is 11.9 Å². The number of hydrogen-bond acceptors (Lipinski definition) is 3. The number of alkyl halides is 3. The molecule has 0 aliphatic carbocycles. The number of benzene rings is 1. The van der Waals surface area contributed by atoms with Crippen LogP contribution in [0.2, 0.25) is 0 Å². The molecule has 0 saturated heterocycles. The van der Waals surface area contributed by atoms with Gasteiger partial charge in [-0.2, -0.15) is 18.3 Å². The van der Waals surface area contributed by atoms with E-state index >= 15 is 0 Å². The standard InChI is InChI=1S/C17H22F3N5O.HI/c1-11-5-6-12(14(7-11)26-4)8-22-16(21-2)23-9-13-10-25(3)24-15(13)17(18,19)20;/h5-7,10H,8-9H2,1-4H3,(H2,21,22,23);1H. The largest absolute Gasteiger partial charge is 0.496 e. The SMILES string of the molecule is CN=C(NCc1ccc(C)cc1OC)NCc1cn(C)nc1C(F)(F)F.I. The number of aliphatic imine (C=N–C) groups is 1. The van der Waals surface area contributed by atoms with Gasteiger partial charge < -0.3 is 15.4 Å². The molecule has 0 unspecified atom stereocenters. The maximum Gasteiger partial charge on any atom is 0.435 e. The van der Waals surface area contributed by atoms with Crippen molar-refractivity contribution in [3.05, 3.63) is 46.8 Å². The Morgan fingerprint density at radius 2 is 1.85 bits per heavy atom. The zero-order chi connectivity index (χ0) is 19.3. The van der Waals surface area contributed by atoms with E-state index in [4.69, 9.17) is 4.74 Å². The number of methoxy groups -OCH3 is 1. The molecule has 0 bridgehead atoms. The molecule has 0 amide bonds. The second-order valence-electron chi connectivity index (χ2n) is 5.77. The minimum Gasteiger partial charge on any atom is -0.496 e. The summed E-state index contributed by atoms with van der Waals surface area (Å²) in [4.78, 5) is 4.04. The highest BCUT2D eigenvalue weighted by molar-refractivity contribution is 14.0. The molecule has 0 atom stereocenters. The van der Waals surface area contributed by atoms with Crippen molar-refractivity contribution in [2.24, 2.45) is 12.0 Å². The first kappa shape index (κ1) is 23.1. The molecule has 1 heterocycles. The van der Waals surface area contributed by atoms with Crippen LogP contribution < -0.4 is 15.4 Å². The average molecular weight is 497 g/mol. The Morgan fingerprint density at radius 1 is 1.22 bits per heavy atom. The van der Waals surface area contributed by atoms with Crippen molar-refractivity contribution in [3.8, 4) is 5.75 Å². The normalized spacial score (nSPS) is 11.7. The molecule has 2 rings (SSSR count). The van der Waals surface area contributed by atoms with E-state index in [9.17, 15) is 13.2 Å². The van der Waals surface area contributed by atoms with E-state index in [1.54, 1.807) is 14.2 Å². The van der Waals surface area contributed by atoms with Crippen molar-refractivity contribution in [2.75, 3.05) is 14.2 Å². The van der Waals surface area contributed by atoms with Crippen LogP contribution in [0.25, 0.3) is 0 Å². The smallest absolute Gasteiger partial charge is 0.435 e. The summed E-state index contributed by atoms with van der Waals surface area (Å²) in [6.07, 6.45) is -3.16. The van der Waals surface area contributed by atoms with Gasteiger partial charge in [-0.1, -0.05) is 12.1 Å². The van der Waals surface area contributed by atoms with Crippen LogP contribution >= 0.6 is 24.0 Å². The van der Waals surface area contributed by atoms with Gasteiger partial charge >= 0.3 is 6.18 Å². The van der Waals surface area contributed by atoms with E-state index in [1.165, 1.54) is 13.2 Å². The number of rotatable bonds is 5. The molecule has 0 saturated carbocycles. The average Bonchev–Trinajstić information content (AvgIpc) is 2.97. The lowest BCUT2D eigenvalue weighted by molar-refractivity contribution is -0.142. The maximum absolute atomic E-state index is 13.0. The van der Waals surface area contributed by atoms with Gasteiger partial charge in [0.25, 0.3) is 0 Å². The number of aromatic nitrogens is 2. The lowest BCUT2D eigenvalue weighted by Crippen LogP contribution is -2.36. The fourth-order valence-electron chi connectivity index (χ4n) is 2.48. The van der Waals surface area contributed by atoms with E-state index in [0.29, 0.717) is 12.5 Å². The number of aryl methyl sites for hydroxylation is 2. The molecule has 1 aromatic heterocycles. The second-order valence-corrected chi connectivity index (χ2v) is 5.77. The molecule has 0 radical (unpaired) electrons. The summed E-state index contributed by atoms with van der Waals surface area (Å²) < 4.78 is 45.5. The van der Waals surface area contributed by atoms with Gasteiger partial charge in [0, 0.05) is 44.5 Å². The topological polar surface area (TPSA) is 63.5 Å². The lowest BCUT2D eigenvalue weighted by Gasteiger charge is -2.14. The van der Waals surface area contributed by atoms with E-state index in [0.717, 1.165) is 21.6 Å². The highest BCUT2D eigenvalue weighted by Crippen LogP contribution is 2.30. The van der Waals surface area contributed by atoms with Gasteiger partial charge in [-0.05, 0) is 18.6 Å². The van der Waals surface area contributed by atoms with Crippen LogP contribution in [0.5, 0.6) is 5.75 Å². The summed E-state index contributed by atoms with van der Waals surface area (Å²) in [7, 11) is 4.59. The Balaban J connectivity index is 0.00000364. The molecule has 1 aromatic carbocycles. The van der Waals surface area contributed by atoms with Crippen LogP contribution in [0, 0.1) is 6.92 Å². The number of ether oxygens (including phenoxy) is 1. The van der Waals surface area contributed by atoms with Gasteiger partial charge in [0.15, 0.2) is 11.7 Å². The first-order valence-corrected chi connectivity index (χ1v) is 7.92. The first-order chi connectivity index (χ1) is 12.2. The first-order valence-electron chi connectivity index (χ1n) is 7.92. The van der Waals surface area contributed by atoms with Gasteiger partial charge in [0.2, 0.25) is 0 Å². The maximum atomic E-state index is 13.0. The monoisotopic (exact) mass is 497 g/mol. The van der Waals surface area contributed by atoms with Gasteiger partial charge in [-0.15, -0.1) is 24.0 Å². The predicted octanol–water partition coefficient (Wildman–Crippen LogP) is 3.24. The summed E-state index contributed by atoms with van der Waals surface area (Å²) in [5.41, 5.74) is 1.14. The summed E-state index contributed by atoms with van der Waals surface area (Å²) in [6.45, 7) is 2.34. The van der Waals surface area contributed by atoms with Crippen molar-refractivity contribution in [2.45, 2.75) is 26.2 Å². The Bertz CT molecular complexity index is 789. The van der Waals surface area contributed by atoms with Crippen molar-refractivity contribution in [3.63, 3.8) is 0 Å². The molecule has 2 aromatic rings. The van der Waals surface area contributed by atoms with Gasteiger partial charge in [-0.25, -0.2) is 0 Å². The third kappa shape index (κ3) is 6.29. The third-order valence-corrected chi connectivity index (χ3v) is 3.73. The predicted molar refractivity (Wildman–Crippen MR) is 108 cm³/mol. The van der Waals surface area contributed by atoms with Crippen LogP contribution in [0.15, 0.2) is 29.4 Å². The van der Waals surface area contributed by atoms with E-state index in [-0.39, 0.29) is 36.1 Å². The summed E-state index contributed by atoms with van der Waals surface area (Å²) in [6, 6.07) is 5.80. The van der Waals surface area contributed by atoms with Gasteiger partial charge in [0.05, 0.1) is 7.11 Å². The number of nitrogens with zero attached hydrogens (tertiary/aromatic N) is 3. The van der Waals surface area contributed by atoms with Crippen molar-refractivity contribution < 1.29 is 17.9 Å². The van der Waals surface area contributed by atoms with E-state index in [1.807, 2.05) is 25.1 Å². The molecule has 0 spiro atoms. The zero-order valence-electron chi connectivity index (χ0n) is 15.5. The molecule has 10 heteroatoms. The van der Waals surface area contributed by atoms with Crippen LogP contribution in [0.1, 0.15) is 22.4 Å². The molecule has 150 valence electrons. The lowest BCUT2D eigenvalue weighted by atomic mass is 10.1. The minimum absolute atomic E-state index is 0. The summed E-state index contributed by atoms with van der Waals surface area (Å²) in [5.74, 6) is 1.11. The minimum atomic E-state index is -4.50. The van der Waals surface area contributed by atoms with Crippen LogP contribution in [0.4, 0.5) is 13.2 Å². The third-order valence-electron chi connectivity index (χ3n) is 3.73. The molecular formula is C17H23F3IN5O. The summed E-state index contributed by atoms with van der Waals surface area (Å²) in [5, 5.41) is 9.43. The molecule has 0 fully saturated rings. The second kappa shape index (κ2) is 9.81. The number of guanidine groups is 1. The number of halogens is 4. The quantitative estimate of drug-likeness (QED) is 0.379. The van der Waals surface area contributed by atoms with Crippen LogP contribution in [-0.2, 0) is 26.3 Å². The molecule has 0 aliphatic rings. The molecule has 6 nitrogen and oxygen atoms in total. The highest BCUT2D eigenvalue weighted by Gasteiger charge is 2.36. The Labute approximate surface area is 173 Å². The van der Waals surface area contributed by atoms with Crippen molar-refractivity contribution in [1.29, 1.82) is 0 Å². The van der Waals surface area contributed by atoms with Gasteiger partial charge in [-0.3, -0.25) is 9.67 Å². The van der Waals surface area contributed by atoms with Crippen molar-refractivity contribution in [1.82, 2.24) is 20.4 Å². The molecular weight excluding hydrogens is 474 g/mol. The Hall–Kier alpha value is -1.98. The van der Waals surface area contributed by atoms with Gasteiger partial charge in [0.1, 0.15) is 5.75 Å². The summed E-state index contributed by atoms with van der Waals surface area (Å²) >= 11 is 0. The molecule has 2 N–H and O–H groups in total. The number of hydrogen-bond donors (Lipinski definition) is 2. The molecule has 0 aliphatic heterocycles. The fraction of sp³-hybridized carbons (Fsp3) is 0.412. The Kier molecular flexibility index (Phi) is 8.38. The Morgan fingerprint density at radius 3 is 2.41 bits per heavy atom.